The lowest BCUT2D eigenvalue weighted by molar-refractivity contribution is 0.235. The molecule has 1 aliphatic rings. The molecule has 126 valence electrons. The quantitative estimate of drug-likeness (QED) is 0.714. The minimum absolute atomic E-state index is 0.0158. The van der Waals surface area contributed by atoms with Crippen molar-refractivity contribution in [1.29, 1.82) is 0 Å². The van der Waals surface area contributed by atoms with Gasteiger partial charge in [0.2, 0.25) is 0 Å². The Balaban J connectivity index is 2.06. The highest BCUT2D eigenvalue weighted by molar-refractivity contribution is 7.97. The number of hydrogen-bond acceptors (Lipinski definition) is 2. The maximum absolute atomic E-state index is 5.80. The Morgan fingerprint density at radius 3 is 2.54 bits per heavy atom. The van der Waals surface area contributed by atoms with Crippen LogP contribution >= 0.6 is 11.9 Å². The number of fused-ring (bicyclic) bond motifs is 1. The molecule has 0 heterocycles. The number of rotatable bonds is 3. The molecule has 0 aliphatic heterocycles. The van der Waals surface area contributed by atoms with E-state index in [1.54, 1.807) is 0 Å². The van der Waals surface area contributed by atoms with Crippen LogP contribution in [0.3, 0.4) is 0 Å². The average Bonchev–Trinajstić information content (AvgIpc) is 2.55. The Hall–Kier alpha value is -1.51. The van der Waals surface area contributed by atoms with Gasteiger partial charge < -0.3 is 0 Å². The molecule has 2 aromatic carbocycles. The van der Waals surface area contributed by atoms with E-state index in [2.05, 4.69) is 83.2 Å². The van der Waals surface area contributed by atoms with E-state index in [0.29, 0.717) is 0 Å². The lowest BCUT2D eigenvalue weighted by Gasteiger charge is -2.46. The zero-order valence-corrected chi connectivity index (χ0v) is 16.1. The Morgan fingerprint density at radius 1 is 1.08 bits per heavy atom. The predicted octanol–water partition coefficient (Wildman–Crippen LogP) is 5.82. The van der Waals surface area contributed by atoms with E-state index >= 15 is 0 Å². The molecule has 0 spiro atoms. The molecule has 1 atom stereocenters. The van der Waals surface area contributed by atoms with Crippen molar-refractivity contribution in [2.75, 3.05) is 0 Å². The zero-order valence-electron chi connectivity index (χ0n) is 15.3. The van der Waals surface area contributed by atoms with Crippen molar-refractivity contribution in [3.63, 3.8) is 0 Å². The summed E-state index contributed by atoms with van der Waals surface area (Å²) in [6, 6.07) is 13.4. The highest BCUT2D eigenvalue weighted by atomic mass is 32.2. The summed E-state index contributed by atoms with van der Waals surface area (Å²) in [5, 5.41) is 5.80. The molecule has 3 rings (SSSR count). The molecule has 1 unspecified atom stereocenters. The summed E-state index contributed by atoms with van der Waals surface area (Å²) < 4.78 is 0. The third-order valence-corrected chi connectivity index (χ3v) is 6.46. The van der Waals surface area contributed by atoms with Crippen molar-refractivity contribution in [2.45, 2.75) is 51.3 Å². The first-order valence-electron chi connectivity index (χ1n) is 8.53. The van der Waals surface area contributed by atoms with Gasteiger partial charge >= 0.3 is 0 Å². The molecule has 0 amide bonds. The molecular weight excluding hydrogens is 310 g/mol. The van der Waals surface area contributed by atoms with Gasteiger partial charge in [0.05, 0.1) is 0 Å². The zero-order chi connectivity index (χ0) is 17.5. The van der Waals surface area contributed by atoms with Gasteiger partial charge in [-0.1, -0.05) is 62.8 Å². The molecule has 24 heavy (non-hydrogen) atoms. The van der Waals surface area contributed by atoms with Gasteiger partial charge in [-0.15, -0.1) is 0 Å². The Kier molecular flexibility index (Phi) is 4.39. The van der Waals surface area contributed by atoms with Crippen molar-refractivity contribution in [2.24, 2.45) is 10.6 Å². The third kappa shape index (κ3) is 2.82. The fraction of sp³-hybridized carbons (Fsp3) is 0.364. The van der Waals surface area contributed by atoms with Crippen LogP contribution in [-0.2, 0) is 11.8 Å². The summed E-state index contributed by atoms with van der Waals surface area (Å²) in [4.78, 5) is 1.13. The van der Waals surface area contributed by atoms with Crippen LogP contribution < -0.4 is 5.14 Å². The molecule has 0 aromatic heterocycles. The standard InChI is InChI=1S/C22H27NS/c1-15-6-8-18-14-22(5,11-10-17(18)12-15)21(3,4)20-13-19(24-23)9-7-16(20)2/h6-13H,14,23H2,1-5H3. The molecule has 0 saturated carbocycles. The molecule has 0 bridgehead atoms. The Bertz CT molecular complexity index is 804. The smallest absolute Gasteiger partial charge is 0.0229 e. The number of hydrogen-bond donors (Lipinski definition) is 1. The van der Waals surface area contributed by atoms with Gasteiger partial charge in [0.1, 0.15) is 0 Å². The van der Waals surface area contributed by atoms with Crippen LogP contribution in [0.15, 0.2) is 47.4 Å². The van der Waals surface area contributed by atoms with E-state index < -0.39 is 0 Å². The molecule has 2 N–H and O–H groups in total. The first-order valence-corrected chi connectivity index (χ1v) is 9.41. The summed E-state index contributed by atoms with van der Waals surface area (Å²) in [7, 11) is 0. The van der Waals surface area contributed by atoms with E-state index in [1.165, 1.54) is 39.8 Å². The third-order valence-electron chi connectivity index (χ3n) is 5.94. The van der Waals surface area contributed by atoms with E-state index in [4.69, 9.17) is 5.14 Å². The van der Waals surface area contributed by atoms with Crippen LogP contribution in [0.4, 0.5) is 0 Å². The fourth-order valence-electron chi connectivity index (χ4n) is 3.84. The molecule has 2 aromatic rings. The monoisotopic (exact) mass is 337 g/mol. The molecule has 0 fully saturated rings. The second kappa shape index (κ2) is 6.09. The maximum Gasteiger partial charge on any atom is 0.0229 e. The lowest BCUT2D eigenvalue weighted by atomic mass is 9.58. The van der Waals surface area contributed by atoms with Gasteiger partial charge in [-0.25, -0.2) is 0 Å². The summed E-state index contributed by atoms with van der Waals surface area (Å²) >= 11 is 1.33. The van der Waals surface area contributed by atoms with Crippen LogP contribution in [0.25, 0.3) is 6.08 Å². The SMILES string of the molecule is Cc1ccc2c(c1)C=CC(C)(C(C)(C)c1cc(SN)ccc1C)C2. The second-order valence-electron chi connectivity index (χ2n) is 7.85. The normalized spacial score (nSPS) is 20.1. The van der Waals surface area contributed by atoms with Gasteiger partial charge in [0.25, 0.3) is 0 Å². The first kappa shape index (κ1) is 17.3. The van der Waals surface area contributed by atoms with Crippen LogP contribution in [0.5, 0.6) is 0 Å². The molecule has 1 nitrogen and oxygen atoms in total. The van der Waals surface area contributed by atoms with Crippen LogP contribution in [-0.4, -0.2) is 0 Å². The van der Waals surface area contributed by atoms with Gasteiger partial charge in [0, 0.05) is 4.90 Å². The van der Waals surface area contributed by atoms with Gasteiger partial charge in [0.15, 0.2) is 0 Å². The van der Waals surface area contributed by atoms with Crippen molar-refractivity contribution in [3.05, 3.63) is 70.3 Å². The highest BCUT2D eigenvalue weighted by Crippen LogP contribution is 2.49. The minimum Gasteiger partial charge on any atom is -0.274 e. The average molecular weight is 338 g/mol. The summed E-state index contributed by atoms with van der Waals surface area (Å²) in [5.74, 6) is 0. The topological polar surface area (TPSA) is 26.0 Å². The molecule has 1 aliphatic carbocycles. The minimum atomic E-state index is 0.0158. The summed E-state index contributed by atoms with van der Waals surface area (Å²) in [6.07, 6.45) is 5.78. The largest absolute Gasteiger partial charge is 0.274 e. The number of allylic oxidation sites excluding steroid dienone is 1. The van der Waals surface area contributed by atoms with Crippen molar-refractivity contribution >= 4 is 18.0 Å². The van der Waals surface area contributed by atoms with E-state index in [0.717, 1.165) is 11.3 Å². The van der Waals surface area contributed by atoms with Gasteiger partial charge in [-0.3, -0.25) is 5.14 Å². The fourth-order valence-corrected chi connectivity index (χ4v) is 4.18. The number of nitrogens with two attached hydrogens (primary N) is 1. The number of benzene rings is 2. The molecule has 2 heteroatoms. The summed E-state index contributed by atoms with van der Waals surface area (Å²) in [5.41, 5.74) is 6.94. The van der Waals surface area contributed by atoms with Crippen LogP contribution in [0.2, 0.25) is 0 Å². The van der Waals surface area contributed by atoms with Gasteiger partial charge in [-0.2, -0.15) is 0 Å². The van der Waals surface area contributed by atoms with Crippen LogP contribution in [0.1, 0.15) is 48.6 Å². The van der Waals surface area contributed by atoms with E-state index in [1.807, 2.05) is 0 Å². The molecule has 0 saturated heterocycles. The summed E-state index contributed by atoms with van der Waals surface area (Å²) in [6.45, 7) is 11.5. The molecular formula is C22H27NS. The molecule has 0 radical (unpaired) electrons. The Morgan fingerprint density at radius 2 is 1.83 bits per heavy atom. The van der Waals surface area contributed by atoms with Crippen LogP contribution in [0, 0.1) is 19.3 Å². The van der Waals surface area contributed by atoms with Gasteiger partial charge in [-0.05, 0) is 77.4 Å². The highest BCUT2D eigenvalue weighted by Gasteiger charge is 2.42. The predicted molar refractivity (Wildman–Crippen MR) is 106 cm³/mol. The number of aryl methyl sites for hydroxylation is 2. The van der Waals surface area contributed by atoms with Crippen molar-refractivity contribution in [3.8, 4) is 0 Å². The van der Waals surface area contributed by atoms with E-state index in [9.17, 15) is 0 Å². The van der Waals surface area contributed by atoms with E-state index in [-0.39, 0.29) is 10.8 Å². The maximum atomic E-state index is 5.80. The lowest BCUT2D eigenvalue weighted by Crippen LogP contribution is -2.41. The second-order valence-corrected chi connectivity index (χ2v) is 8.56. The first-order chi connectivity index (χ1) is 11.3. The van der Waals surface area contributed by atoms with Crippen molar-refractivity contribution in [1.82, 2.24) is 0 Å². The van der Waals surface area contributed by atoms with Crippen molar-refractivity contribution < 1.29 is 0 Å². The Labute approximate surface area is 150 Å².